The lowest BCUT2D eigenvalue weighted by molar-refractivity contribution is 0.0825. The SMILES string of the molecule is Cc1cccc(C)c1-c1cc2nc(n1)NS(=O)(=O)c1cccc(c1)C(=O)NCC(C1CCCCC1)O2. The fraction of sp³-hybridized carbons (Fsp3) is 0.370. The maximum atomic E-state index is 13.2. The zero-order valence-corrected chi connectivity index (χ0v) is 21.3. The number of carbonyl (C=O) groups excluding carboxylic acids is 1. The Balaban J connectivity index is 1.64. The van der Waals surface area contributed by atoms with Gasteiger partial charge in [0.25, 0.3) is 15.9 Å². The van der Waals surface area contributed by atoms with Crippen molar-refractivity contribution in [3.05, 3.63) is 65.2 Å². The molecule has 5 rings (SSSR count). The predicted octanol–water partition coefficient (Wildman–Crippen LogP) is 4.63. The van der Waals surface area contributed by atoms with Gasteiger partial charge in [0.2, 0.25) is 11.8 Å². The number of aromatic nitrogens is 2. The maximum Gasteiger partial charge on any atom is 0.264 e. The van der Waals surface area contributed by atoms with Gasteiger partial charge >= 0.3 is 0 Å². The van der Waals surface area contributed by atoms with Crippen LogP contribution in [0.25, 0.3) is 11.3 Å². The number of aryl methyl sites for hydroxylation is 2. The van der Waals surface area contributed by atoms with Crippen LogP contribution in [0.2, 0.25) is 0 Å². The molecule has 188 valence electrons. The van der Waals surface area contributed by atoms with Crippen LogP contribution in [0.5, 0.6) is 5.88 Å². The number of fused-ring (bicyclic) bond motifs is 4. The Morgan fingerprint density at radius 3 is 2.42 bits per heavy atom. The van der Waals surface area contributed by atoms with Gasteiger partial charge in [0.05, 0.1) is 17.1 Å². The summed E-state index contributed by atoms with van der Waals surface area (Å²) >= 11 is 0. The average molecular weight is 507 g/mol. The van der Waals surface area contributed by atoms with Gasteiger partial charge in [-0.2, -0.15) is 4.98 Å². The molecular formula is C27H30N4O4S. The highest BCUT2D eigenvalue weighted by Gasteiger charge is 2.28. The van der Waals surface area contributed by atoms with E-state index in [2.05, 4.69) is 20.0 Å². The van der Waals surface area contributed by atoms with Gasteiger partial charge in [-0.15, -0.1) is 0 Å². The molecule has 36 heavy (non-hydrogen) atoms. The summed E-state index contributed by atoms with van der Waals surface area (Å²) < 4.78 is 35.3. The minimum absolute atomic E-state index is 0.0400. The third kappa shape index (κ3) is 5.06. The Hall–Kier alpha value is -3.46. The monoisotopic (exact) mass is 506 g/mol. The van der Waals surface area contributed by atoms with Crippen molar-refractivity contribution in [2.75, 3.05) is 11.3 Å². The average Bonchev–Trinajstić information content (AvgIpc) is 2.86. The topological polar surface area (TPSA) is 110 Å². The summed E-state index contributed by atoms with van der Waals surface area (Å²) in [5, 5.41) is 2.95. The third-order valence-electron chi connectivity index (χ3n) is 6.98. The smallest absolute Gasteiger partial charge is 0.264 e. The second kappa shape index (κ2) is 9.89. The van der Waals surface area contributed by atoms with Crippen LogP contribution < -0.4 is 14.8 Å². The molecule has 1 atom stereocenters. The first kappa shape index (κ1) is 24.2. The molecule has 0 spiro atoms. The molecule has 0 saturated heterocycles. The number of sulfonamides is 1. The Morgan fingerprint density at radius 1 is 0.944 bits per heavy atom. The highest BCUT2D eigenvalue weighted by Crippen LogP contribution is 2.32. The van der Waals surface area contributed by atoms with Crippen molar-refractivity contribution in [3.8, 4) is 17.1 Å². The molecule has 1 aliphatic carbocycles. The van der Waals surface area contributed by atoms with Crippen LogP contribution in [0.15, 0.2) is 53.4 Å². The highest BCUT2D eigenvalue weighted by molar-refractivity contribution is 7.92. The van der Waals surface area contributed by atoms with Crippen LogP contribution in [0, 0.1) is 19.8 Å². The Bertz CT molecular complexity index is 1380. The van der Waals surface area contributed by atoms with E-state index in [0.717, 1.165) is 42.4 Å². The fourth-order valence-electron chi connectivity index (χ4n) is 5.12. The summed E-state index contributed by atoms with van der Waals surface area (Å²) in [6, 6.07) is 13.7. The summed E-state index contributed by atoms with van der Waals surface area (Å²) in [4.78, 5) is 21.9. The number of hydrogen-bond donors (Lipinski definition) is 2. The molecule has 1 aliphatic heterocycles. The Kier molecular flexibility index (Phi) is 6.66. The number of nitrogens with one attached hydrogen (secondary N) is 2. The van der Waals surface area contributed by atoms with E-state index in [1.807, 2.05) is 32.0 Å². The van der Waals surface area contributed by atoms with Crippen LogP contribution in [-0.4, -0.2) is 36.9 Å². The largest absolute Gasteiger partial charge is 0.472 e. The van der Waals surface area contributed by atoms with Crippen molar-refractivity contribution in [1.29, 1.82) is 0 Å². The van der Waals surface area contributed by atoms with Crippen molar-refractivity contribution >= 4 is 21.9 Å². The molecule has 2 aromatic carbocycles. The van der Waals surface area contributed by atoms with E-state index < -0.39 is 10.0 Å². The highest BCUT2D eigenvalue weighted by atomic mass is 32.2. The van der Waals surface area contributed by atoms with E-state index >= 15 is 0 Å². The van der Waals surface area contributed by atoms with E-state index in [4.69, 9.17) is 4.74 Å². The van der Waals surface area contributed by atoms with Crippen molar-refractivity contribution in [3.63, 3.8) is 0 Å². The molecule has 8 nitrogen and oxygen atoms in total. The molecule has 4 bridgehead atoms. The van der Waals surface area contributed by atoms with Crippen molar-refractivity contribution in [1.82, 2.24) is 15.3 Å². The summed E-state index contributed by atoms with van der Waals surface area (Å²) in [5.41, 5.74) is 3.76. The van der Waals surface area contributed by atoms with Crippen LogP contribution >= 0.6 is 0 Å². The molecule has 9 heteroatoms. The summed E-state index contributed by atoms with van der Waals surface area (Å²) in [6.45, 7) is 4.28. The molecule has 0 radical (unpaired) electrons. The standard InChI is InChI=1S/C27H30N4O4S/c1-17-8-6-9-18(2)25(17)22-15-24-30-27(29-22)31-36(33,34)21-13-7-12-20(14-21)26(32)28-16-23(35-24)19-10-4-3-5-11-19/h6-9,12-15,19,23H,3-5,10-11,16H2,1-2H3,(H,28,32)(H,29,30,31). The second-order valence-corrected chi connectivity index (χ2v) is 11.3. The minimum atomic E-state index is -4.05. The van der Waals surface area contributed by atoms with Crippen LogP contribution in [0.4, 0.5) is 5.95 Å². The lowest BCUT2D eigenvalue weighted by Crippen LogP contribution is -2.41. The van der Waals surface area contributed by atoms with Crippen molar-refractivity contribution < 1.29 is 17.9 Å². The zero-order chi connectivity index (χ0) is 25.3. The molecule has 1 unspecified atom stereocenters. The molecule has 1 aromatic heterocycles. The number of anilines is 1. The van der Waals surface area contributed by atoms with Crippen LogP contribution in [-0.2, 0) is 10.0 Å². The first-order valence-electron chi connectivity index (χ1n) is 12.3. The van der Waals surface area contributed by atoms with Crippen molar-refractivity contribution in [2.24, 2.45) is 5.92 Å². The first-order chi connectivity index (χ1) is 17.3. The molecule has 1 amide bonds. The van der Waals surface area contributed by atoms with E-state index in [0.29, 0.717) is 12.2 Å². The number of amides is 1. The Labute approximate surface area is 211 Å². The normalized spacial score (nSPS) is 20.1. The minimum Gasteiger partial charge on any atom is -0.472 e. The van der Waals surface area contributed by atoms with Gasteiger partial charge in [-0.1, -0.05) is 43.5 Å². The van der Waals surface area contributed by atoms with E-state index in [1.165, 1.54) is 18.6 Å². The fourth-order valence-corrected chi connectivity index (χ4v) is 6.11. The number of carbonyl (C=O) groups is 1. The molecule has 2 aliphatic rings. The van der Waals surface area contributed by atoms with E-state index in [-0.39, 0.29) is 40.2 Å². The van der Waals surface area contributed by atoms with Gasteiger partial charge in [0.1, 0.15) is 6.10 Å². The molecule has 2 heterocycles. The summed E-state index contributed by atoms with van der Waals surface area (Å²) in [6.07, 6.45) is 5.13. The quantitative estimate of drug-likeness (QED) is 0.524. The molecule has 1 fully saturated rings. The lowest BCUT2D eigenvalue weighted by atomic mass is 9.85. The van der Waals surface area contributed by atoms with Crippen LogP contribution in [0.1, 0.15) is 53.6 Å². The number of hydrogen-bond acceptors (Lipinski definition) is 6. The number of nitrogens with zero attached hydrogens (tertiary/aromatic N) is 2. The van der Waals surface area contributed by atoms with Gasteiger partial charge in [-0.25, -0.2) is 18.1 Å². The lowest BCUT2D eigenvalue weighted by Gasteiger charge is -2.30. The number of ether oxygens (including phenoxy) is 1. The number of benzene rings is 2. The molecule has 1 saturated carbocycles. The van der Waals surface area contributed by atoms with Gasteiger partial charge in [0, 0.05) is 17.2 Å². The maximum absolute atomic E-state index is 13.2. The zero-order valence-electron chi connectivity index (χ0n) is 20.5. The second-order valence-electron chi connectivity index (χ2n) is 9.58. The van der Waals surface area contributed by atoms with Gasteiger partial charge in [-0.3, -0.25) is 4.79 Å². The molecule has 2 N–H and O–H groups in total. The third-order valence-corrected chi connectivity index (χ3v) is 8.31. The first-order valence-corrected chi connectivity index (χ1v) is 13.8. The van der Waals surface area contributed by atoms with Crippen LogP contribution in [0.3, 0.4) is 0 Å². The van der Waals surface area contributed by atoms with Crippen molar-refractivity contribution in [2.45, 2.75) is 57.0 Å². The number of rotatable bonds is 2. The van der Waals surface area contributed by atoms with Gasteiger partial charge in [-0.05, 0) is 61.9 Å². The van der Waals surface area contributed by atoms with Gasteiger partial charge in [0.15, 0.2) is 0 Å². The predicted molar refractivity (Wildman–Crippen MR) is 138 cm³/mol. The summed E-state index contributed by atoms with van der Waals surface area (Å²) in [5.74, 6) is 0.117. The van der Waals surface area contributed by atoms with E-state index in [9.17, 15) is 13.2 Å². The molecular weight excluding hydrogens is 476 g/mol. The van der Waals surface area contributed by atoms with E-state index in [1.54, 1.807) is 18.2 Å². The molecule has 3 aromatic rings. The van der Waals surface area contributed by atoms with Gasteiger partial charge < -0.3 is 10.1 Å². The summed E-state index contributed by atoms with van der Waals surface area (Å²) in [7, 11) is -4.05. The Morgan fingerprint density at radius 2 is 1.67 bits per heavy atom.